The lowest BCUT2D eigenvalue weighted by Crippen LogP contribution is -2.31. The molecule has 1 aromatic rings. The molecule has 1 amide bonds. The van der Waals surface area contributed by atoms with Gasteiger partial charge in [-0.2, -0.15) is 0 Å². The van der Waals surface area contributed by atoms with Gasteiger partial charge in [-0.1, -0.05) is 18.7 Å². The maximum absolute atomic E-state index is 12.7. The van der Waals surface area contributed by atoms with Crippen LogP contribution in [0.15, 0.2) is 64.4 Å². The minimum absolute atomic E-state index is 0.160. The molecule has 1 atom stereocenters. The second-order valence-corrected chi connectivity index (χ2v) is 7.58. The van der Waals surface area contributed by atoms with Gasteiger partial charge in [-0.05, 0) is 42.7 Å². The predicted octanol–water partition coefficient (Wildman–Crippen LogP) is 2.74. The molecule has 1 aliphatic heterocycles. The van der Waals surface area contributed by atoms with E-state index in [0.29, 0.717) is 25.3 Å². The minimum atomic E-state index is -1.00. The molecular weight excluding hydrogens is 348 g/mol. The van der Waals surface area contributed by atoms with Crippen LogP contribution in [0.4, 0.5) is 0 Å². The van der Waals surface area contributed by atoms with Crippen molar-refractivity contribution < 1.29 is 13.7 Å². The monoisotopic (exact) mass is 374 g/mol. The zero-order valence-electron chi connectivity index (χ0n) is 15.8. The van der Waals surface area contributed by atoms with Gasteiger partial charge in [0, 0.05) is 54.0 Å². The van der Waals surface area contributed by atoms with E-state index in [9.17, 15) is 9.00 Å². The van der Waals surface area contributed by atoms with Gasteiger partial charge in [0.05, 0.1) is 12.2 Å². The number of hydrogen-bond acceptors (Lipinski definition) is 4. The molecule has 1 N–H and O–H groups in total. The summed E-state index contributed by atoms with van der Waals surface area (Å²) in [5, 5.41) is 2.94. The molecule has 26 heavy (non-hydrogen) atoms. The molecule has 1 aromatic carbocycles. The third-order valence-corrected chi connectivity index (χ3v) is 5.46. The highest BCUT2D eigenvalue weighted by molar-refractivity contribution is 7.84. The summed E-state index contributed by atoms with van der Waals surface area (Å²) in [6.07, 6.45) is 3.48. The Kier molecular flexibility index (Phi) is 6.94. The van der Waals surface area contributed by atoms with Crippen LogP contribution in [0.3, 0.4) is 0 Å². The van der Waals surface area contributed by atoms with E-state index in [0.717, 1.165) is 27.3 Å². The summed E-state index contributed by atoms with van der Waals surface area (Å²) in [5.74, 6) is -0.160. The van der Waals surface area contributed by atoms with E-state index in [1.54, 1.807) is 13.4 Å². The molecule has 0 aliphatic carbocycles. The topological polar surface area (TPSA) is 58.6 Å². The largest absolute Gasteiger partial charge is 0.383 e. The Hall–Kier alpha value is -2.18. The van der Waals surface area contributed by atoms with Crippen LogP contribution in [0.25, 0.3) is 0 Å². The van der Waals surface area contributed by atoms with Crippen molar-refractivity contribution in [2.45, 2.75) is 25.3 Å². The van der Waals surface area contributed by atoms with E-state index in [-0.39, 0.29) is 5.91 Å². The molecule has 2 rings (SSSR count). The minimum Gasteiger partial charge on any atom is -0.383 e. The van der Waals surface area contributed by atoms with Gasteiger partial charge in [0.25, 0.3) is 5.91 Å². The Morgan fingerprint density at radius 2 is 1.92 bits per heavy atom. The SMILES string of the molecule is C=C1C(C(=O)NCc2ccc(S(C)=O)cc2)=CN(CCOC)C(C)=C1C. The van der Waals surface area contributed by atoms with Gasteiger partial charge in [0.1, 0.15) is 0 Å². The number of nitrogens with zero attached hydrogens (tertiary/aromatic N) is 1. The number of hydrogen-bond donors (Lipinski definition) is 1. The van der Waals surface area contributed by atoms with Crippen molar-refractivity contribution in [1.82, 2.24) is 10.2 Å². The third kappa shape index (κ3) is 4.71. The average molecular weight is 375 g/mol. The Morgan fingerprint density at radius 3 is 2.50 bits per heavy atom. The highest BCUT2D eigenvalue weighted by Gasteiger charge is 2.22. The number of amides is 1. The zero-order valence-corrected chi connectivity index (χ0v) is 16.6. The summed E-state index contributed by atoms with van der Waals surface area (Å²) < 4.78 is 16.6. The van der Waals surface area contributed by atoms with Crippen molar-refractivity contribution in [3.8, 4) is 0 Å². The second kappa shape index (κ2) is 8.96. The van der Waals surface area contributed by atoms with E-state index in [4.69, 9.17) is 4.74 Å². The molecule has 0 radical (unpaired) electrons. The zero-order chi connectivity index (χ0) is 19.3. The normalized spacial score (nSPS) is 15.8. The standard InChI is InChI=1S/C20H26N2O3S/c1-14-15(2)19(13-22(16(14)3)10-11-25-4)20(23)21-12-17-6-8-18(9-7-17)26(5)24/h6-9,13H,2,10-12H2,1,3-5H3,(H,21,23). The fourth-order valence-electron chi connectivity index (χ4n) is 2.66. The summed E-state index contributed by atoms with van der Waals surface area (Å²) in [7, 11) is 0.656. The Balaban J connectivity index is 2.07. The number of nitrogens with one attached hydrogen (secondary N) is 1. The molecule has 140 valence electrons. The molecule has 0 saturated carbocycles. The second-order valence-electron chi connectivity index (χ2n) is 6.20. The number of allylic oxidation sites excluding steroid dienone is 2. The van der Waals surface area contributed by atoms with E-state index >= 15 is 0 Å². The number of rotatable bonds is 7. The molecule has 0 fully saturated rings. The first-order valence-corrected chi connectivity index (χ1v) is 9.96. The highest BCUT2D eigenvalue weighted by atomic mass is 32.2. The van der Waals surface area contributed by atoms with Crippen molar-refractivity contribution in [2.24, 2.45) is 0 Å². The van der Waals surface area contributed by atoms with E-state index < -0.39 is 10.8 Å². The van der Waals surface area contributed by atoms with Crippen LogP contribution in [-0.2, 0) is 26.9 Å². The summed E-state index contributed by atoms with van der Waals surface area (Å²) in [6.45, 7) is 9.72. The number of ether oxygens (including phenoxy) is 1. The van der Waals surface area contributed by atoms with Crippen LogP contribution in [0.5, 0.6) is 0 Å². The maximum atomic E-state index is 12.7. The van der Waals surface area contributed by atoms with Crippen molar-refractivity contribution in [3.63, 3.8) is 0 Å². The highest BCUT2D eigenvalue weighted by Crippen LogP contribution is 2.28. The number of benzene rings is 1. The van der Waals surface area contributed by atoms with Crippen LogP contribution in [0.2, 0.25) is 0 Å². The number of carbonyl (C=O) groups excluding carboxylic acids is 1. The quantitative estimate of drug-likeness (QED) is 0.797. The Bertz CT molecular complexity index is 779. The van der Waals surface area contributed by atoms with Gasteiger partial charge in [0.15, 0.2) is 0 Å². The van der Waals surface area contributed by atoms with Crippen molar-refractivity contribution in [1.29, 1.82) is 0 Å². The lowest BCUT2D eigenvalue weighted by Gasteiger charge is -2.30. The number of carbonyl (C=O) groups is 1. The maximum Gasteiger partial charge on any atom is 0.253 e. The van der Waals surface area contributed by atoms with Gasteiger partial charge in [-0.25, -0.2) is 0 Å². The van der Waals surface area contributed by atoms with Crippen LogP contribution < -0.4 is 5.32 Å². The van der Waals surface area contributed by atoms with Gasteiger partial charge in [-0.3, -0.25) is 9.00 Å². The predicted molar refractivity (Wildman–Crippen MR) is 105 cm³/mol. The Labute approximate surface area is 157 Å². The van der Waals surface area contributed by atoms with Crippen molar-refractivity contribution in [2.75, 3.05) is 26.5 Å². The van der Waals surface area contributed by atoms with E-state index in [1.165, 1.54) is 0 Å². The summed E-state index contributed by atoms with van der Waals surface area (Å²) >= 11 is 0. The van der Waals surface area contributed by atoms with Crippen molar-refractivity contribution in [3.05, 3.63) is 65.0 Å². The molecule has 1 heterocycles. The lowest BCUT2D eigenvalue weighted by molar-refractivity contribution is -0.117. The van der Waals surface area contributed by atoms with Gasteiger partial charge >= 0.3 is 0 Å². The summed E-state index contributed by atoms with van der Waals surface area (Å²) in [5.41, 5.74) is 4.34. The van der Waals surface area contributed by atoms with Crippen LogP contribution >= 0.6 is 0 Å². The molecule has 0 aromatic heterocycles. The smallest absolute Gasteiger partial charge is 0.253 e. The first-order valence-electron chi connectivity index (χ1n) is 8.40. The summed E-state index contributed by atoms with van der Waals surface area (Å²) in [6, 6.07) is 7.39. The van der Waals surface area contributed by atoms with Gasteiger partial charge in [-0.15, -0.1) is 0 Å². The Morgan fingerprint density at radius 1 is 1.27 bits per heavy atom. The molecule has 0 spiro atoms. The molecule has 1 aliphatic rings. The fraction of sp³-hybridized carbons (Fsp3) is 0.350. The molecule has 5 nitrogen and oxygen atoms in total. The molecule has 1 unspecified atom stereocenters. The van der Waals surface area contributed by atoms with Crippen LogP contribution in [0, 0.1) is 0 Å². The van der Waals surface area contributed by atoms with Gasteiger partial charge < -0.3 is 15.0 Å². The third-order valence-electron chi connectivity index (χ3n) is 4.53. The molecule has 0 bridgehead atoms. The first kappa shape index (κ1) is 20.1. The first-order chi connectivity index (χ1) is 12.3. The molecule has 6 heteroatoms. The number of methoxy groups -OCH3 is 1. The lowest BCUT2D eigenvalue weighted by atomic mass is 9.95. The van der Waals surface area contributed by atoms with Gasteiger partial charge in [0.2, 0.25) is 0 Å². The van der Waals surface area contributed by atoms with E-state index in [2.05, 4.69) is 11.9 Å². The summed E-state index contributed by atoms with van der Waals surface area (Å²) in [4.78, 5) is 15.5. The average Bonchev–Trinajstić information content (AvgIpc) is 2.64. The van der Waals surface area contributed by atoms with Crippen LogP contribution in [0.1, 0.15) is 19.4 Å². The van der Waals surface area contributed by atoms with Crippen LogP contribution in [-0.4, -0.2) is 41.5 Å². The fourth-order valence-corrected chi connectivity index (χ4v) is 3.18. The van der Waals surface area contributed by atoms with Crippen molar-refractivity contribution >= 4 is 16.7 Å². The molecular formula is C20H26N2O3S. The molecule has 0 saturated heterocycles. The van der Waals surface area contributed by atoms with E-state index in [1.807, 2.05) is 49.2 Å².